The Labute approximate surface area is 128 Å². The lowest BCUT2D eigenvalue weighted by atomic mass is 10.3. The number of rotatable bonds is 6. The molecule has 0 N–H and O–H groups in total. The molecule has 0 aliphatic carbocycles. The Kier molecular flexibility index (Phi) is 4.62. The Morgan fingerprint density at radius 1 is 0.826 bits per heavy atom. The molecule has 0 amide bonds. The molecule has 0 saturated heterocycles. The third-order valence-corrected chi connectivity index (χ3v) is 2.67. The second-order valence-corrected chi connectivity index (χ2v) is 4.11. The summed E-state index contributed by atoms with van der Waals surface area (Å²) in [5.41, 5.74) is 0.194. The highest BCUT2D eigenvalue weighted by molar-refractivity contribution is 5.49. The molecule has 0 aromatic heterocycles. The summed E-state index contributed by atoms with van der Waals surface area (Å²) in [4.78, 5) is 30.7. The fraction of sp³-hybridized carbons (Fsp3) is 0. The summed E-state index contributed by atoms with van der Waals surface area (Å²) >= 11 is 0. The van der Waals surface area contributed by atoms with Gasteiger partial charge in [-0.1, -0.05) is 5.12 Å². The zero-order chi connectivity index (χ0) is 16.8. The first kappa shape index (κ1) is 15.6. The third kappa shape index (κ3) is 3.87. The molecule has 2 rings (SSSR count). The Balaban J connectivity index is 2.16. The van der Waals surface area contributed by atoms with Gasteiger partial charge in [-0.3, -0.25) is 20.2 Å². The molecule has 0 spiro atoms. The second-order valence-electron chi connectivity index (χ2n) is 4.11. The summed E-state index contributed by atoms with van der Waals surface area (Å²) in [5, 5.41) is 31.6. The number of nitrogens with zero attached hydrogens (tertiary/aromatic N) is 6. The zero-order valence-electron chi connectivity index (χ0n) is 11.3. The van der Waals surface area contributed by atoms with Crippen molar-refractivity contribution in [2.45, 2.75) is 0 Å². The Hall–Kier alpha value is -3.76. The standard InChI is InChI=1S/C12H8N6O5/c19-15-16(10-5-7-12(8-6-10)18(22)23)14-13-9-1-3-11(4-2-9)17(20)21/h1-8H. The molecule has 2 aromatic carbocycles. The average molecular weight is 316 g/mol. The van der Waals surface area contributed by atoms with E-state index in [0.717, 1.165) is 0 Å². The minimum absolute atomic E-state index is 0.107. The molecule has 0 aliphatic heterocycles. The van der Waals surface area contributed by atoms with Crippen molar-refractivity contribution >= 4 is 22.7 Å². The van der Waals surface area contributed by atoms with Crippen molar-refractivity contribution < 1.29 is 9.85 Å². The van der Waals surface area contributed by atoms with Gasteiger partial charge in [-0.05, 0) is 29.5 Å². The molecule has 0 heterocycles. The van der Waals surface area contributed by atoms with E-state index in [0.29, 0.717) is 5.12 Å². The molecule has 11 heteroatoms. The molecule has 0 bridgehead atoms. The molecule has 0 fully saturated rings. The molecule has 2 aromatic rings. The summed E-state index contributed by atoms with van der Waals surface area (Å²) in [6.07, 6.45) is 0. The van der Waals surface area contributed by atoms with Crippen LogP contribution in [0.4, 0.5) is 22.7 Å². The van der Waals surface area contributed by atoms with Crippen molar-refractivity contribution in [2.75, 3.05) is 5.12 Å². The maximum atomic E-state index is 10.8. The number of nitro groups is 2. The van der Waals surface area contributed by atoms with Gasteiger partial charge in [0.25, 0.3) is 11.4 Å². The lowest BCUT2D eigenvalue weighted by Crippen LogP contribution is -2.05. The first-order valence-corrected chi connectivity index (χ1v) is 6.05. The van der Waals surface area contributed by atoms with Crippen molar-refractivity contribution in [1.29, 1.82) is 0 Å². The van der Waals surface area contributed by atoms with E-state index in [1.807, 2.05) is 0 Å². The topological polar surface area (TPSA) is 144 Å². The van der Waals surface area contributed by atoms with Crippen LogP contribution in [0.15, 0.2) is 64.2 Å². The van der Waals surface area contributed by atoms with Crippen molar-refractivity contribution in [1.82, 2.24) is 0 Å². The minimum Gasteiger partial charge on any atom is -0.258 e. The maximum Gasteiger partial charge on any atom is 0.269 e. The normalized spacial score (nSPS) is 10.4. The summed E-state index contributed by atoms with van der Waals surface area (Å²) < 4.78 is 0. The van der Waals surface area contributed by atoms with Crippen LogP contribution in [0, 0.1) is 25.1 Å². The highest BCUT2D eigenvalue weighted by atomic mass is 16.6. The fourth-order valence-electron chi connectivity index (χ4n) is 1.56. The number of non-ortho nitro benzene ring substituents is 2. The van der Waals surface area contributed by atoms with Gasteiger partial charge in [-0.25, -0.2) is 0 Å². The van der Waals surface area contributed by atoms with Gasteiger partial charge in [-0.15, -0.1) is 10.0 Å². The van der Waals surface area contributed by atoms with Crippen LogP contribution in [0.3, 0.4) is 0 Å². The average Bonchev–Trinajstić information content (AvgIpc) is 2.56. The predicted molar refractivity (Wildman–Crippen MR) is 79.0 cm³/mol. The van der Waals surface area contributed by atoms with E-state index in [1.165, 1.54) is 48.5 Å². The Morgan fingerprint density at radius 2 is 1.30 bits per heavy atom. The highest BCUT2D eigenvalue weighted by Gasteiger charge is 2.10. The van der Waals surface area contributed by atoms with Crippen LogP contribution in [0.25, 0.3) is 0 Å². The predicted octanol–water partition coefficient (Wildman–Crippen LogP) is 3.69. The van der Waals surface area contributed by atoms with Gasteiger partial charge in [0.2, 0.25) is 0 Å². The largest absolute Gasteiger partial charge is 0.269 e. The van der Waals surface area contributed by atoms with Crippen LogP contribution >= 0.6 is 0 Å². The monoisotopic (exact) mass is 316 g/mol. The lowest BCUT2D eigenvalue weighted by molar-refractivity contribution is -0.385. The molecule has 116 valence electrons. The lowest BCUT2D eigenvalue weighted by Gasteiger charge is -2.06. The smallest absolute Gasteiger partial charge is 0.258 e. The van der Waals surface area contributed by atoms with Gasteiger partial charge in [0, 0.05) is 24.3 Å². The molecular weight excluding hydrogens is 308 g/mol. The first-order valence-electron chi connectivity index (χ1n) is 6.05. The summed E-state index contributed by atoms with van der Waals surface area (Å²) in [7, 11) is 0. The molecule has 23 heavy (non-hydrogen) atoms. The second kappa shape index (κ2) is 6.80. The summed E-state index contributed by atoms with van der Waals surface area (Å²) in [6, 6.07) is 10.1. The van der Waals surface area contributed by atoms with Gasteiger partial charge in [0.15, 0.2) is 0 Å². The van der Waals surface area contributed by atoms with E-state index >= 15 is 0 Å². The number of benzene rings is 2. The summed E-state index contributed by atoms with van der Waals surface area (Å²) in [6.45, 7) is 0. The van der Waals surface area contributed by atoms with Crippen LogP contribution in [0.2, 0.25) is 0 Å². The Bertz CT molecular complexity index is 759. The molecule has 11 nitrogen and oxygen atoms in total. The number of hydrogen-bond acceptors (Lipinski definition) is 8. The summed E-state index contributed by atoms with van der Waals surface area (Å²) in [5.74, 6) is 0. The van der Waals surface area contributed by atoms with Crippen LogP contribution in [0.5, 0.6) is 0 Å². The number of hydrogen-bond donors (Lipinski definition) is 0. The van der Waals surface area contributed by atoms with E-state index in [1.54, 1.807) is 0 Å². The Morgan fingerprint density at radius 3 is 1.74 bits per heavy atom. The van der Waals surface area contributed by atoms with Crippen molar-refractivity contribution in [3.63, 3.8) is 0 Å². The highest BCUT2D eigenvalue weighted by Crippen LogP contribution is 2.22. The van der Waals surface area contributed by atoms with E-state index in [9.17, 15) is 25.1 Å². The van der Waals surface area contributed by atoms with E-state index in [2.05, 4.69) is 15.6 Å². The van der Waals surface area contributed by atoms with Crippen molar-refractivity contribution in [2.24, 2.45) is 15.6 Å². The fourth-order valence-corrected chi connectivity index (χ4v) is 1.56. The maximum absolute atomic E-state index is 10.8. The van der Waals surface area contributed by atoms with Crippen LogP contribution in [-0.2, 0) is 0 Å². The molecule has 0 atom stereocenters. The number of nitro benzene ring substituents is 2. The quantitative estimate of drug-likeness (QED) is 0.344. The van der Waals surface area contributed by atoms with Gasteiger partial charge >= 0.3 is 0 Å². The molecule has 0 aliphatic rings. The van der Waals surface area contributed by atoms with Gasteiger partial charge in [0.1, 0.15) is 0 Å². The third-order valence-electron chi connectivity index (χ3n) is 2.67. The molecule has 0 radical (unpaired) electrons. The number of anilines is 1. The zero-order valence-corrected chi connectivity index (χ0v) is 11.3. The SMILES string of the molecule is O=NN(N=Nc1ccc([N+](=O)[O-])cc1)c1ccc([N+](=O)[O-])cc1. The molecule has 0 unspecified atom stereocenters. The van der Waals surface area contributed by atoms with Crippen molar-refractivity contribution in [3.8, 4) is 0 Å². The van der Waals surface area contributed by atoms with Crippen LogP contribution in [0.1, 0.15) is 0 Å². The van der Waals surface area contributed by atoms with E-state index < -0.39 is 9.85 Å². The van der Waals surface area contributed by atoms with Gasteiger partial charge < -0.3 is 0 Å². The number of nitroso groups, excluding NO2 is 1. The van der Waals surface area contributed by atoms with Crippen LogP contribution in [-0.4, -0.2) is 9.85 Å². The van der Waals surface area contributed by atoms with Crippen LogP contribution < -0.4 is 5.12 Å². The van der Waals surface area contributed by atoms with Crippen molar-refractivity contribution in [3.05, 3.63) is 73.7 Å². The van der Waals surface area contributed by atoms with E-state index in [4.69, 9.17) is 0 Å². The van der Waals surface area contributed by atoms with Gasteiger partial charge in [-0.2, -0.15) is 0 Å². The first-order chi connectivity index (χ1) is 11.0. The minimum atomic E-state index is -0.582. The molecular formula is C12H8N6O5. The van der Waals surface area contributed by atoms with E-state index in [-0.39, 0.29) is 22.7 Å². The van der Waals surface area contributed by atoms with Gasteiger partial charge in [0.05, 0.1) is 26.5 Å². The molecule has 0 saturated carbocycles.